The summed E-state index contributed by atoms with van der Waals surface area (Å²) in [7, 11) is 0. The predicted octanol–water partition coefficient (Wildman–Crippen LogP) is 2.07. The summed E-state index contributed by atoms with van der Waals surface area (Å²) in [5.74, 6) is -2.32. The topological polar surface area (TPSA) is 80.4 Å². The number of hydrogen-bond acceptors (Lipinski definition) is 2. The van der Waals surface area contributed by atoms with Crippen molar-refractivity contribution in [3.05, 3.63) is 47.5 Å². The highest BCUT2D eigenvalue weighted by Gasteiger charge is 2.52. The first-order chi connectivity index (χ1) is 8.98. The van der Waals surface area contributed by atoms with Crippen molar-refractivity contribution < 1.29 is 14.7 Å². The average molecular weight is 259 g/mol. The molecule has 3 N–H and O–H groups in total. The standard InChI is InChI=1S/C15H17NO3/c1-10-7-8-15(13(16)17,14(18)19)12(9-10)11-5-3-2-4-6-11/h2-7,12H,8-9H2,1H3,(H2,16,17)(H,18,19). The van der Waals surface area contributed by atoms with Crippen LogP contribution in [0.2, 0.25) is 0 Å². The number of carboxylic acids is 1. The van der Waals surface area contributed by atoms with Crippen molar-refractivity contribution in [2.75, 3.05) is 0 Å². The number of rotatable bonds is 3. The summed E-state index contributed by atoms with van der Waals surface area (Å²) in [5, 5.41) is 9.55. The molecule has 4 nitrogen and oxygen atoms in total. The fraction of sp³-hybridized carbons (Fsp3) is 0.333. The molecule has 1 aromatic carbocycles. The molecule has 4 heteroatoms. The minimum absolute atomic E-state index is 0.156. The van der Waals surface area contributed by atoms with Crippen molar-refractivity contribution in [2.45, 2.75) is 25.7 Å². The van der Waals surface area contributed by atoms with Crippen LogP contribution in [0.25, 0.3) is 0 Å². The Kier molecular flexibility index (Phi) is 3.42. The summed E-state index contributed by atoms with van der Waals surface area (Å²) in [6.07, 6.45) is 2.50. The molecule has 0 saturated heterocycles. The number of benzene rings is 1. The zero-order valence-electron chi connectivity index (χ0n) is 10.8. The molecule has 19 heavy (non-hydrogen) atoms. The number of aliphatic carboxylic acids is 1. The minimum Gasteiger partial charge on any atom is -0.480 e. The largest absolute Gasteiger partial charge is 0.480 e. The van der Waals surface area contributed by atoms with Gasteiger partial charge in [0.15, 0.2) is 5.41 Å². The van der Waals surface area contributed by atoms with Gasteiger partial charge in [0.05, 0.1) is 0 Å². The maximum atomic E-state index is 11.8. The van der Waals surface area contributed by atoms with E-state index in [0.717, 1.165) is 11.1 Å². The van der Waals surface area contributed by atoms with Gasteiger partial charge in [-0.1, -0.05) is 42.0 Å². The third-order valence-corrected chi connectivity index (χ3v) is 3.92. The Balaban J connectivity index is 2.56. The van der Waals surface area contributed by atoms with Crippen LogP contribution in [0.5, 0.6) is 0 Å². The van der Waals surface area contributed by atoms with Gasteiger partial charge < -0.3 is 10.8 Å². The van der Waals surface area contributed by atoms with Gasteiger partial charge in [-0.2, -0.15) is 0 Å². The van der Waals surface area contributed by atoms with E-state index in [9.17, 15) is 14.7 Å². The molecule has 2 atom stereocenters. The van der Waals surface area contributed by atoms with Crippen molar-refractivity contribution in [1.82, 2.24) is 0 Å². The molecule has 0 aromatic heterocycles. The zero-order valence-corrected chi connectivity index (χ0v) is 10.8. The van der Waals surface area contributed by atoms with Crippen molar-refractivity contribution in [2.24, 2.45) is 11.1 Å². The highest BCUT2D eigenvalue weighted by atomic mass is 16.4. The van der Waals surface area contributed by atoms with E-state index in [4.69, 9.17) is 5.73 Å². The van der Waals surface area contributed by atoms with Gasteiger partial charge in [-0.05, 0) is 25.3 Å². The van der Waals surface area contributed by atoms with Crippen LogP contribution >= 0.6 is 0 Å². The van der Waals surface area contributed by atoms with Gasteiger partial charge in [0, 0.05) is 5.92 Å². The predicted molar refractivity (Wildman–Crippen MR) is 71.4 cm³/mol. The van der Waals surface area contributed by atoms with Gasteiger partial charge in [-0.25, -0.2) is 0 Å². The lowest BCUT2D eigenvalue weighted by Crippen LogP contribution is -2.49. The highest BCUT2D eigenvalue weighted by molar-refractivity contribution is 6.02. The van der Waals surface area contributed by atoms with E-state index in [1.54, 1.807) is 6.08 Å². The van der Waals surface area contributed by atoms with Gasteiger partial charge in [0.25, 0.3) is 0 Å². The molecule has 0 radical (unpaired) electrons. The van der Waals surface area contributed by atoms with Crippen LogP contribution in [0, 0.1) is 5.41 Å². The van der Waals surface area contributed by atoms with Gasteiger partial charge in [0.1, 0.15) is 0 Å². The van der Waals surface area contributed by atoms with Crippen LogP contribution in [-0.4, -0.2) is 17.0 Å². The van der Waals surface area contributed by atoms with Gasteiger partial charge in [0.2, 0.25) is 5.91 Å². The van der Waals surface area contributed by atoms with E-state index in [1.807, 2.05) is 37.3 Å². The monoisotopic (exact) mass is 259 g/mol. The number of hydrogen-bond donors (Lipinski definition) is 2. The van der Waals surface area contributed by atoms with Crippen LogP contribution in [0.1, 0.15) is 31.2 Å². The lowest BCUT2D eigenvalue weighted by atomic mass is 9.64. The summed E-state index contributed by atoms with van der Waals surface area (Å²) >= 11 is 0. The second-order valence-corrected chi connectivity index (χ2v) is 5.06. The van der Waals surface area contributed by atoms with Gasteiger partial charge in [-0.3, -0.25) is 9.59 Å². The van der Waals surface area contributed by atoms with Crippen LogP contribution in [0.15, 0.2) is 42.0 Å². The molecule has 2 unspecified atom stereocenters. The zero-order chi connectivity index (χ0) is 14.0. The fourth-order valence-electron chi connectivity index (χ4n) is 2.76. The number of amides is 1. The van der Waals surface area contributed by atoms with E-state index in [-0.39, 0.29) is 6.42 Å². The SMILES string of the molecule is CC1=CCC(C(N)=O)(C(=O)O)C(c2ccccc2)C1. The van der Waals surface area contributed by atoms with E-state index < -0.39 is 23.2 Å². The smallest absolute Gasteiger partial charge is 0.320 e. The molecule has 0 heterocycles. The summed E-state index contributed by atoms with van der Waals surface area (Å²) in [6, 6.07) is 9.25. The van der Waals surface area contributed by atoms with E-state index in [1.165, 1.54) is 0 Å². The lowest BCUT2D eigenvalue weighted by Gasteiger charge is -2.37. The van der Waals surface area contributed by atoms with E-state index >= 15 is 0 Å². The maximum absolute atomic E-state index is 11.8. The third kappa shape index (κ3) is 2.14. The normalized spacial score (nSPS) is 26.6. The Bertz CT molecular complexity index is 520. The van der Waals surface area contributed by atoms with Crippen LogP contribution in [0.4, 0.5) is 0 Å². The van der Waals surface area contributed by atoms with Crippen LogP contribution in [-0.2, 0) is 9.59 Å². The van der Waals surface area contributed by atoms with Crippen molar-refractivity contribution in [1.29, 1.82) is 0 Å². The first kappa shape index (κ1) is 13.3. The molecular weight excluding hydrogens is 242 g/mol. The molecule has 2 rings (SSSR count). The number of primary amides is 1. The number of allylic oxidation sites excluding steroid dienone is 2. The van der Waals surface area contributed by atoms with Gasteiger partial charge >= 0.3 is 5.97 Å². The number of carbonyl (C=O) groups is 2. The summed E-state index contributed by atoms with van der Waals surface area (Å²) < 4.78 is 0. The molecule has 0 spiro atoms. The quantitative estimate of drug-likeness (QED) is 0.644. The van der Waals surface area contributed by atoms with Crippen molar-refractivity contribution in [3.8, 4) is 0 Å². The average Bonchev–Trinajstić information content (AvgIpc) is 2.39. The second-order valence-electron chi connectivity index (χ2n) is 5.06. The molecule has 0 bridgehead atoms. The molecule has 100 valence electrons. The minimum atomic E-state index is -1.54. The Morgan fingerprint density at radius 3 is 2.47 bits per heavy atom. The molecule has 0 saturated carbocycles. The molecule has 0 aliphatic heterocycles. The number of nitrogens with two attached hydrogens (primary N) is 1. The first-order valence-corrected chi connectivity index (χ1v) is 6.22. The number of carbonyl (C=O) groups excluding carboxylic acids is 1. The molecular formula is C15H17NO3. The molecule has 1 amide bonds. The molecule has 1 aliphatic rings. The molecule has 1 aliphatic carbocycles. The Morgan fingerprint density at radius 1 is 1.32 bits per heavy atom. The third-order valence-electron chi connectivity index (χ3n) is 3.92. The number of carboxylic acid groups (broad SMARTS) is 1. The summed E-state index contributed by atoms with van der Waals surface area (Å²) in [4.78, 5) is 23.5. The van der Waals surface area contributed by atoms with E-state index in [2.05, 4.69) is 0 Å². The van der Waals surface area contributed by atoms with Gasteiger partial charge in [-0.15, -0.1) is 0 Å². The van der Waals surface area contributed by atoms with E-state index in [0.29, 0.717) is 6.42 Å². The summed E-state index contributed by atoms with van der Waals surface area (Å²) in [5.41, 5.74) is 5.82. The van der Waals surface area contributed by atoms with Crippen molar-refractivity contribution >= 4 is 11.9 Å². The van der Waals surface area contributed by atoms with Crippen LogP contribution < -0.4 is 5.73 Å². The molecule has 1 aromatic rings. The Hall–Kier alpha value is -2.10. The van der Waals surface area contributed by atoms with Crippen molar-refractivity contribution in [3.63, 3.8) is 0 Å². The Morgan fingerprint density at radius 2 is 1.95 bits per heavy atom. The van der Waals surface area contributed by atoms with Crippen LogP contribution in [0.3, 0.4) is 0 Å². The summed E-state index contributed by atoms with van der Waals surface area (Å²) in [6.45, 7) is 1.95. The second kappa shape index (κ2) is 4.88. The maximum Gasteiger partial charge on any atom is 0.320 e. The fourth-order valence-corrected chi connectivity index (χ4v) is 2.76. The lowest BCUT2D eigenvalue weighted by molar-refractivity contribution is -0.156. The first-order valence-electron chi connectivity index (χ1n) is 6.22. The molecule has 0 fully saturated rings. The highest BCUT2D eigenvalue weighted by Crippen LogP contribution is 2.47. The Labute approximate surface area is 111 Å².